The van der Waals surface area contributed by atoms with Crippen LogP contribution in [0, 0.1) is 0 Å². The Balaban J connectivity index is 1.92. The lowest BCUT2D eigenvalue weighted by Crippen LogP contribution is -2.36. The lowest BCUT2D eigenvalue weighted by Gasteiger charge is -2.20. The fourth-order valence-corrected chi connectivity index (χ4v) is 2.62. The summed E-state index contributed by atoms with van der Waals surface area (Å²) in [4.78, 5) is 13.5. The molecule has 0 atom stereocenters. The number of likely N-dealkylation sites (N-methyl/N-ethyl adjacent to an activating group) is 1. The summed E-state index contributed by atoms with van der Waals surface area (Å²) in [6.07, 6.45) is 4.74. The van der Waals surface area contributed by atoms with E-state index in [1.165, 1.54) is 24.0 Å². The number of carbonyl (C=O) groups is 1. The number of rotatable bonds is 6. The molecule has 0 saturated carbocycles. The number of aliphatic hydroxyl groups excluding tert-OH is 1. The van der Waals surface area contributed by atoms with Gasteiger partial charge in [-0.05, 0) is 55.9 Å². The molecule has 20 heavy (non-hydrogen) atoms. The van der Waals surface area contributed by atoms with Crippen LogP contribution in [0.15, 0.2) is 18.2 Å². The summed E-state index contributed by atoms with van der Waals surface area (Å²) in [5, 5.41) is 8.90. The Hall–Kier alpha value is -1.55. The second kappa shape index (κ2) is 7.29. The van der Waals surface area contributed by atoms with Crippen molar-refractivity contribution in [3.8, 4) is 5.75 Å². The molecule has 1 aromatic rings. The molecule has 0 heterocycles. The van der Waals surface area contributed by atoms with Gasteiger partial charge >= 0.3 is 0 Å². The molecule has 4 heteroatoms. The van der Waals surface area contributed by atoms with Crippen molar-refractivity contribution in [2.75, 3.05) is 26.3 Å². The highest BCUT2D eigenvalue weighted by Crippen LogP contribution is 2.25. The normalized spacial score (nSPS) is 13.7. The van der Waals surface area contributed by atoms with Crippen LogP contribution in [0.4, 0.5) is 0 Å². The third-order valence-corrected chi connectivity index (χ3v) is 3.79. The first-order chi connectivity index (χ1) is 9.74. The standard InChI is InChI=1S/C16H23NO3/c1-2-17(9-10-18)16(19)12-20-15-8-7-13-5-3-4-6-14(13)11-15/h7-8,11,18H,2-6,9-10,12H2,1H3. The molecule has 0 spiro atoms. The molecule has 1 N–H and O–H groups in total. The topological polar surface area (TPSA) is 49.8 Å². The number of benzene rings is 1. The lowest BCUT2D eigenvalue weighted by atomic mass is 9.92. The molecule has 0 fully saturated rings. The number of amides is 1. The average molecular weight is 277 g/mol. The molecule has 4 nitrogen and oxygen atoms in total. The van der Waals surface area contributed by atoms with Gasteiger partial charge in [0.05, 0.1) is 6.61 Å². The van der Waals surface area contributed by atoms with Crippen LogP contribution in [0.3, 0.4) is 0 Å². The summed E-state index contributed by atoms with van der Waals surface area (Å²) >= 11 is 0. The second-order valence-electron chi connectivity index (χ2n) is 5.12. The molecular weight excluding hydrogens is 254 g/mol. The van der Waals surface area contributed by atoms with Crippen molar-refractivity contribution in [2.45, 2.75) is 32.6 Å². The zero-order valence-electron chi connectivity index (χ0n) is 12.1. The number of aryl methyl sites for hydroxylation is 2. The summed E-state index contributed by atoms with van der Waals surface area (Å²) in [6.45, 7) is 2.87. The van der Waals surface area contributed by atoms with Gasteiger partial charge in [-0.15, -0.1) is 0 Å². The van der Waals surface area contributed by atoms with Crippen LogP contribution in [0.25, 0.3) is 0 Å². The van der Waals surface area contributed by atoms with Gasteiger partial charge in [0.25, 0.3) is 5.91 Å². The van der Waals surface area contributed by atoms with Crippen molar-refractivity contribution in [2.24, 2.45) is 0 Å². The van der Waals surface area contributed by atoms with Crippen molar-refractivity contribution in [3.63, 3.8) is 0 Å². The van der Waals surface area contributed by atoms with Crippen molar-refractivity contribution in [1.29, 1.82) is 0 Å². The molecule has 1 aliphatic carbocycles. The van der Waals surface area contributed by atoms with Crippen molar-refractivity contribution in [1.82, 2.24) is 4.90 Å². The van der Waals surface area contributed by atoms with Gasteiger partial charge in [0, 0.05) is 13.1 Å². The maximum atomic E-state index is 11.9. The monoisotopic (exact) mass is 277 g/mol. The van der Waals surface area contributed by atoms with Gasteiger partial charge in [0.2, 0.25) is 0 Å². The van der Waals surface area contributed by atoms with E-state index in [-0.39, 0.29) is 19.1 Å². The Labute approximate surface area is 120 Å². The molecule has 0 unspecified atom stereocenters. The van der Waals surface area contributed by atoms with Crippen molar-refractivity contribution in [3.05, 3.63) is 29.3 Å². The van der Waals surface area contributed by atoms with E-state index < -0.39 is 0 Å². The van der Waals surface area contributed by atoms with Crippen LogP contribution in [-0.4, -0.2) is 42.2 Å². The number of fused-ring (bicyclic) bond motifs is 1. The minimum Gasteiger partial charge on any atom is -0.484 e. The molecule has 0 saturated heterocycles. The molecule has 2 rings (SSSR count). The predicted octanol–water partition coefficient (Wildman–Crippen LogP) is 1.78. The SMILES string of the molecule is CCN(CCO)C(=O)COc1ccc2c(c1)CCCC2. The summed E-state index contributed by atoms with van der Waals surface area (Å²) in [5.41, 5.74) is 2.76. The average Bonchev–Trinajstić information content (AvgIpc) is 2.50. The zero-order chi connectivity index (χ0) is 14.4. The Morgan fingerprint density at radius 1 is 1.30 bits per heavy atom. The molecule has 0 radical (unpaired) electrons. The summed E-state index contributed by atoms with van der Waals surface area (Å²) < 4.78 is 5.59. The molecule has 110 valence electrons. The minimum absolute atomic E-state index is 0.0155. The van der Waals surface area contributed by atoms with E-state index in [9.17, 15) is 4.79 Å². The van der Waals surface area contributed by atoms with Crippen LogP contribution >= 0.6 is 0 Å². The maximum Gasteiger partial charge on any atom is 0.260 e. The van der Waals surface area contributed by atoms with E-state index in [0.717, 1.165) is 18.6 Å². The smallest absolute Gasteiger partial charge is 0.260 e. The van der Waals surface area contributed by atoms with E-state index in [1.54, 1.807) is 4.90 Å². The van der Waals surface area contributed by atoms with E-state index in [1.807, 2.05) is 13.0 Å². The molecule has 0 bridgehead atoms. The van der Waals surface area contributed by atoms with Gasteiger partial charge in [-0.1, -0.05) is 6.07 Å². The summed E-state index contributed by atoms with van der Waals surface area (Å²) in [5.74, 6) is 0.679. The highest BCUT2D eigenvalue weighted by atomic mass is 16.5. The van der Waals surface area contributed by atoms with Gasteiger partial charge in [0.15, 0.2) is 6.61 Å². The fraction of sp³-hybridized carbons (Fsp3) is 0.562. The Morgan fingerprint density at radius 3 is 2.75 bits per heavy atom. The van der Waals surface area contributed by atoms with Gasteiger partial charge in [-0.25, -0.2) is 0 Å². The highest BCUT2D eigenvalue weighted by Gasteiger charge is 2.13. The van der Waals surface area contributed by atoms with Crippen molar-refractivity contribution < 1.29 is 14.6 Å². The van der Waals surface area contributed by atoms with Crippen molar-refractivity contribution >= 4 is 5.91 Å². The lowest BCUT2D eigenvalue weighted by molar-refractivity contribution is -0.133. The number of nitrogens with zero attached hydrogens (tertiary/aromatic N) is 1. The van der Waals surface area contributed by atoms with E-state index in [4.69, 9.17) is 9.84 Å². The predicted molar refractivity (Wildman–Crippen MR) is 77.9 cm³/mol. The van der Waals surface area contributed by atoms with Crippen LogP contribution in [0.1, 0.15) is 30.9 Å². The van der Waals surface area contributed by atoms with Gasteiger partial charge in [-0.3, -0.25) is 4.79 Å². The first-order valence-electron chi connectivity index (χ1n) is 7.38. The quantitative estimate of drug-likeness (QED) is 0.862. The molecule has 1 aliphatic rings. The minimum atomic E-state index is -0.0840. The number of hydrogen-bond donors (Lipinski definition) is 1. The number of carbonyl (C=O) groups excluding carboxylic acids is 1. The van der Waals surface area contributed by atoms with Gasteiger partial charge < -0.3 is 14.7 Å². The molecule has 0 aromatic heterocycles. The largest absolute Gasteiger partial charge is 0.484 e. The van der Waals surface area contributed by atoms with E-state index in [2.05, 4.69) is 12.1 Å². The Bertz CT molecular complexity index is 459. The number of ether oxygens (including phenoxy) is 1. The van der Waals surface area contributed by atoms with Crippen LogP contribution in [-0.2, 0) is 17.6 Å². The zero-order valence-corrected chi connectivity index (χ0v) is 12.1. The summed E-state index contributed by atoms with van der Waals surface area (Å²) in [6, 6.07) is 6.11. The summed E-state index contributed by atoms with van der Waals surface area (Å²) in [7, 11) is 0. The number of aliphatic hydroxyl groups is 1. The van der Waals surface area contributed by atoms with Gasteiger partial charge in [0.1, 0.15) is 5.75 Å². The van der Waals surface area contributed by atoms with Crippen LogP contribution < -0.4 is 4.74 Å². The third kappa shape index (κ3) is 3.73. The maximum absolute atomic E-state index is 11.9. The molecule has 1 amide bonds. The molecule has 0 aliphatic heterocycles. The molecular formula is C16H23NO3. The van der Waals surface area contributed by atoms with Crippen LogP contribution in [0.2, 0.25) is 0 Å². The van der Waals surface area contributed by atoms with E-state index in [0.29, 0.717) is 13.1 Å². The van der Waals surface area contributed by atoms with E-state index >= 15 is 0 Å². The first-order valence-corrected chi connectivity index (χ1v) is 7.38. The Kier molecular flexibility index (Phi) is 5.41. The number of hydrogen-bond acceptors (Lipinski definition) is 3. The highest BCUT2D eigenvalue weighted by molar-refractivity contribution is 5.77. The first kappa shape index (κ1) is 14.9. The second-order valence-corrected chi connectivity index (χ2v) is 5.12. The fourth-order valence-electron chi connectivity index (χ4n) is 2.62. The molecule has 1 aromatic carbocycles. The Morgan fingerprint density at radius 2 is 2.05 bits per heavy atom. The van der Waals surface area contributed by atoms with Crippen LogP contribution in [0.5, 0.6) is 5.75 Å². The third-order valence-electron chi connectivity index (χ3n) is 3.79. The van der Waals surface area contributed by atoms with Gasteiger partial charge in [-0.2, -0.15) is 0 Å².